The summed E-state index contributed by atoms with van der Waals surface area (Å²) in [4.78, 5) is 22.3. The van der Waals surface area contributed by atoms with Gasteiger partial charge in [-0.05, 0) is 18.4 Å². The Labute approximate surface area is 109 Å². The van der Waals surface area contributed by atoms with Gasteiger partial charge in [-0.15, -0.1) is 11.3 Å². The zero-order valence-corrected chi connectivity index (χ0v) is 10.8. The van der Waals surface area contributed by atoms with Crippen molar-refractivity contribution >= 4 is 23.3 Å². The van der Waals surface area contributed by atoms with Gasteiger partial charge in [0, 0.05) is 11.4 Å². The Morgan fingerprint density at radius 1 is 1.44 bits per heavy atom. The van der Waals surface area contributed by atoms with Crippen LogP contribution in [0.25, 0.3) is 0 Å². The molecule has 0 saturated heterocycles. The molecule has 1 rings (SSSR count). The van der Waals surface area contributed by atoms with Crippen molar-refractivity contribution in [2.75, 3.05) is 13.1 Å². The molecule has 0 aliphatic rings. The number of aliphatic hydroxyl groups is 1. The van der Waals surface area contributed by atoms with Crippen LogP contribution in [0.15, 0.2) is 17.5 Å². The van der Waals surface area contributed by atoms with Crippen LogP contribution >= 0.6 is 11.3 Å². The number of rotatable bonds is 6. The monoisotopic (exact) mass is 272 g/mol. The second-order valence-corrected chi connectivity index (χ2v) is 4.95. The minimum absolute atomic E-state index is 0.0578. The predicted octanol–water partition coefficient (Wildman–Crippen LogP) is 0.730. The molecule has 1 unspecified atom stereocenters. The maximum atomic E-state index is 11.3. The van der Waals surface area contributed by atoms with Gasteiger partial charge in [0.05, 0.1) is 13.0 Å². The standard InChI is InChI=1S/C11H16N2O4S/c1-11(17,8-3-2-6-18-8)7-13-10(16)12-5-4-9(14)15/h2-3,6,17H,4-5,7H2,1H3,(H,14,15)(H2,12,13,16). The molecule has 4 N–H and O–H groups in total. The normalized spacial score (nSPS) is 13.7. The third kappa shape index (κ3) is 4.72. The van der Waals surface area contributed by atoms with Crippen LogP contribution in [0.4, 0.5) is 4.79 Å². The van der Waals surface area contributed by atoms with Crippen molar-refractivity contribution in [1.29, 1.82) is 0 Å². The molecule has 0 fully saturated rings. The number of nitrogens with one attached hydrogen (secondary N) is 2. The minimum atomic E-state index is -1.13. The number of carboxylic acids is 1. The Morgan fingerprint density at radius 2 is 2.17 bits per heavy atom. The molecule has 0 saturated carbocycles. The summed E-state index contributed by atoms with van der Waals surface area (Å²) in [6, 6.07) is 3.11. The zero-order valence-electron chi connectivity index (χ0n) is 9.97. The van der Waals surface area contributed by atoms with E-state index in [1.807, 2.05) is 11.4 Å². The lowest BCUT2D eigenvalue weighted by Gasteiger charge is -2.22. The first kappa shape index (κ1) is 14.5. The molecule has 1 atom stereocenters. The Bertz CT molecular complexity index is 403. The lowest BCUT2D eigenvalue weighted by atomic mass is 10.1. The van der Waals surface area contributed by atoms with Gasteiger partial charge >= 0.3 is 12.0 Å². The van der Waals surface area contributed by atoms with Crippen LogP contribution in [0.1, 0.15) is 18.2 Å². The largest absolute Gasteiger partial charge is 0.481 e. The van der Waals surface area contributed by atoms with E-state index < -0.39 is 17.6 Å². The summed E-state index contributed by atoms with van der Waals surface area (Å²) in [6.45, 7) is 1.73. The van der Waals surface area contributed by atoms with Crippen molar-refractivity contribution in [3.05, 3.63) is 22.4 Å². The first-order chi connectivity index (χ1) is 8.42. The smallest absolute Gasteiger partial charge is 0.314 e. The summed E-state index contributed by atoms with van der Waals surface area (Å²) in [5.41, 5.74) is -1.13. The van der Waals surface area contributed by atoms with Crippen LogP contribution in [0.5, 0.6) is 0 Å². The first-order valence-electron chi connectivity index (χ1n) is 5.41. The van der Waals surface area contributed by atoms with Gasteiger partial charge < -0.3 is 20.8 Å². The molecule has 2 amide bonds. The van der Waals surface area contributed by atoms with E-state index in [1.54, 1.807) is 13.0 Å². The first-order valence-corrected chi connectivity index (χ1v) is 6.29. The lowest BCUT2D eigenvalue weighted by Crippen LogP contribution is -2.43. The molecule has 1 aromatic rings. The molecule has 0 radical (unpaired) electrons. The van der Waals surface area contributed by atoms with Gasteiger partial charge in [-0.25, -0.2) is 4.79 Å². The molecule has 18 heavy (non-hydrogen) atoms. The Balaban J connectivity index is 2.32. The van der Waals surface area contributed by atoms with Crippen LogP contribution in [0.2, 0.25) is 0 Å². The predicted molar refractivity (Wildman–Crippen MR) is 67.5 cm³/mol. The van der Waals surface area contributed by atoms with Crippen LogP contribution in [-0.2, 0) is 10.4 Å². The number of carboxylic acid groups (broad SMARTS) is 1. The third-order valence-electron chi connectivity index (χ3n) is 2.27. The Hall–Kier alpha value is -1.60. The summed E-state index contributed by atoms with van der Waals surface area (Å²) in [7, 11) is 0. The van der Waals surface area contributed by atoms with Crippen molar-refractivity contribution in [1.82, 2.24) is 10.6 Å². The molecule has 0 bridgehead atoms. The van der Waals surface area contributed by atoms with Gasteiger partial charge in [-0.3, -0.25) is 4.79 Å². The van der Waals surface area contributed by atoms with Crippen molar-refractivity contribution in [3.8, 4) is 0 Å². The minimum Gasteiger partial charge on any atom is -0.481 e. The molecule has 7 heteroatoms. The Kier molecular flexibility index (Phi) is 5.11. The lowest BCUT2D eigenvalue weighted by molar-refractivity contribution is -0.136. The third-order valence-corrected chi connectivity index (χ3v) is 3.39. The van der Waals surface area contributed by atoms with Crippen molar-refractivity contribution < 1.29 is 19.8 Å². The quantitative estimate of drug-likeness (QED) is 0.613. The van der Waals surface area contributed by atoms with Gasteiger partial charge in [0.15, 0.2) is 0 Å². The van der Waals surface area contributed by atoms with E-state index in [1.165, 1.54) is 11.3 Å². The number of amides is 2. The number of hydrogen-bond donors (Lipinski definition) is 4. The van der Waals surface area contributed by atoms with E-state index in [9.17, 15) is 14.7 Å². The fraction of sp³-hybridized carbons (Fsp3) is 0.455. The van der Waals surface area contributed by atoms with Crippen molar-refractivity contribution in [2.24, 2.45) is 0 Å². The van der Waals surface area contributed by atoms with Crippen molar-refractivity contribution in [2.45, 2.75) is 18.9 Å². The summed E-state index contributed by atoms with van der Waals surface area (Å²) in [5.74, 6) is -0.971. The van der Waals surface area contributed by atoms with Gasteiger partial charge in [0.25, 0.3) is 0 Å². The molecule has 100 valence electrons. The second kappa shape index (κ2) is 6.36. The fourth-order valence-electron chi connectivity index (χ4n) is 1.27. The summed E-state index contributed by atoms with van der Waals surface area (Å²) >= 11 is 1.40. The number of carbonyl (C=O) groups is 2. The highest BCUT2D eigenvalue weighted by molar-refractivity contribution is 7.10. The summed E-state index contributed by atoms with van der Waals surface area (Å²) < 4.78 is 0. The molecule has 0 aliphatic carbocycles. The number of urea groups is 1. The summed E-state index contributed by atoms with van der Waals surface area (Å²) in [6.07, 6.45) is -0.130. The van der Waals surface area contributed by atoms with E-state index >= 15 is 0 Å². The summed E-state index contributed by atoms with van der Waals surface area (Å²) in [5, 5.41) is 25.2. The van der Waals surface area contributed by atoms with E-state index in [4.69, 9.17) is 5.11 Å². The molecule has 1 aromatic heterocycles. The number of thiophene rings is 1. The molecular weight excluding hydrogens is 256 g/mol. The maximum Gasteiger partial charge on any atom is 0.314 e. The van der Waals surface area contributed by atoms with Gasteiger partial charge in [-0.2, -0.15) is 0 Å². The number of aliphatic carboxylic acids is 1. The van der Waals surface area contributed by atoms with E-state index in [0.29, 0.717) is 0 Å². The van der Waals surface area contributed by atoms with Gasteiger partial charge in [-0.1, -0.05) is 6.07 Å². The zero-order chi connectivity index (χ0) is 13.6. The van der Waals surface area contributed by atoms with Gasteiger partial charge in [0.2, 0.25) is 0 Å². The molecule has 0 spiro atoms. The number of carbonyl (C=O) groups excluding carboxylic acids is 1. The van der Waals surface area contributed by atoms with E-state index in [2.05, 4.69) is 10.6 Å². The highest BCUT2D eigenvalue weighted by Gasteiger charge is 2.24. The van der Waals surface area contributed by atoms with E-state index in [0.717, 1.165) is 4.88 Å². The molecular formula is C11H16N2O4S. The van der Waals surface area contributed by atoms with E-state index in [-0.39, 0.29) is 19.5 Å². The highest BCUT2D eigenvalue weighted by Crippen LogP contribution is 2.24. The topological polar surface area (TPSA) is 98.7 Å². The van der Waals surface area contributed by atoms with Gasteiger partial charge in [0.1, 0.15) is 5.60 Å². The second-order valence-electron chi connectivity index (χ2n) is 4.00. The van der Waals surface area contributed by atoms with Crippen LogP contribution in [0.3, 0.4) is 0 Å². The fourth-order valence-corrected chi connectivity index (χ4v) is 2.06. The average Bonchev–Trinajstić information content (AvgIpc) is 2.80. The maximum absolute atomic E-state index is 11.3. The number of hydrogen-bond acceptors (Lipinski definition) is 4. The SMILES string of the molecule is CC(O)(CNC(=O)NCCC(=O)O)c1cccs1. The van der Waals surface area contributed by atoms with Crippen molar-refractivity contribution in [3.63, 3.8) is 0 Å². The van der Waals surface area contributed by atoms with Crippen LogP contribution in [0, 0.1) is 0 Å². The highest BCUT2D eigenvalue weighted by atomic mass is 32.1. The average molecular weight is 272 g/mol. The molecule has 1 heterocycles. The molecule has 0 aromatic carbocycles. The van der Waals surface area contributed by atoms with Crippen LogP contribution in [-0.4, -0.2) is 35.3 Å². The molecule has 0 aliphatic heterocycles. The molecule has 6 nitrogen and oxygen atoms in total. The Morgan fingerprint density at radius 3 is 2.72 bits per heavy atom. The van der Waals surface area contributed by atoms with Crippen LogP contribution < -0.4 is 10.6 Å².